The van der Waals surface area contributed by atoms with Crippen molar-refractivity contribution in [3.63, 3.8) is 0 Å². The molecule has 2 amide bonds. The maximum Gasteiger partial charge on any atom is 0.426 e. The number of ether oxygens (including phenoxy) is 1. The number of rotatable bonds is 3. The van der Waals surface area contributed by atoms with Gasteiger partial charge in [-0.15, -0.1) is 0 Å². The highest BCUT2D eigenvalue weighted by Crippen LogP contribution is 2.30. The molecule has 0 saturated heterocycles. The second-order valence-corrected chi connectivity index (χ2v) is 4.35. The monoisotopic (exact) mass is 248 g/mol. The summed E-state index contributed by atoms with van der Waals surface area (Å²) in [7, 11) is 1.53. The zero-order valence-electron chi connectivity index (χ0n) is 10.3. The van der Waals surface area contributed by atoms with Gasteiger partial charge in [0.15, 0.2) is 0 Å². The molecule has 0 bridgehead atoms. The van der Waals surface area contributed by atoms with Crippen LogP contribution in [0.15, 0.2) is 30.3 Å². The second kappa shape index (κ2) is 5.53. The molecule has 1 aliphatic rings. The van der Waals surface area contributed by atoms with E-state index in [0.29, 0.717) is 0 Å². The summed E-state index contributed by atoms with van der Waals surface area (Å²) in [4.78, 5) is 23.0. The summed E-state index contributed by atoms with van der Waals surface area (Å²) in [5.74, 6) is 0.0103. The Labute approximate surface area is 106 Å². The van der Waals surface area contributed by atoms with Crippen molar-refractivity contribution in [3.05, 3.63) is 35.9 Å². The van der Waals surface area contributed by atoms with Crippen molar-refractivity contribution < 1.29 is 14.3 Å². The smallest absolute Gasteiger partial charge is 0.426 e. The van der Waals surface area contributed by atoms with Crippen molar-refractivity contribution in [2.75, 3.05) is 7.05 Å². The third-order valence-electron chi connectivity index (χ3n) is 2.73. The lowest BCUT2D eigenvalue weighted by atomic mass is 10.2. The summed E-state index contributed by atoms with van der Waals surface area (Å²) in [5, 5.41) is 1.20. The van der Waals surface area contributed by atoms with Gasteiger partial charge in [-0.05, 0) is 18.4 Å². The predicted molar refractivity (Wildman–Crippen MR) is 65.3 cm³/mol. The molecule has 0 aliphatic heterocycles. The summed E-state index contributed by atoms with van der Waals surface area (Å²) in [6, 6.07) is 9.38. The van der Waals surface area contributed by atoms with Crippen LogP contribution in [-0.4, -0.2) is 24.1 Å². The third kappa shape index (κ3) is 3.48. The van der Waals surface area contributed by atoms with Crippen LogP contribution in [0.3, 0.4) is 0 Å². The average Bonchev–Trinajstić information content (AvgIpc) is 3.21. The molecule has 0 heterocycles. The minimum absolute atomic E-state index is 0.0633. The van der Waals surface area contributed by atoms with Gasteiger partial charge in [0.2, 0.25) is 5.91 Å². The summed E-state index contributed by atoms with van der Waals surface area (Å²) in [6.45, 7) is 0.193. The lowest BCUT2D eigenvalue weighted by molar-refractivity contribution is -0.133. The van der Waals surface area contributed by atoms with Gasteiger partial charge >= 0.3 is 6.09 Å². The molecule has 0 spiro atoms. The number of carbonyl (C=O) groups excluding carboxylic acids is 2. The third-order valence-corrected chi connectivity index (χ3v) is 2.73. The van der Waals surface area contributed by atoms with E-state index >= 15 is 0 Å². The lowest BCUT2D eigenvalue weighted by Crippen LogP contribution is -2.44. The number of hydrogen-bond acceptors (Lipinski definition) is 3. The molecule has 0 unspecified atom stereocenters. The van der Waals surface area contributed by atoms with Crippen molar-refractivity contribution >= 4 is 12.0 Å². The number of nitrogens with zero attached hydrogens (tertiary/aromatic N) is 1. The van der Waals surface area contributed by atoms with E-state index in [1.54, 1.807) is 0 Å². The molecule has 1 aromatic rings. The maximum absolute atomic E-state index is 11.6. The van der Waals surface area contributed by atoms with Crippen LogP contribution >= 0.6 is 0 Å². The van der Waals surface area contributed by atoms with E-state index in [1.165, 1.54) is 12.1 Å². The van der Waals surface area contributed by atoms with Crippen molar-refractivity contribution in [1.82, 2.24) is 10.4 Å². The second-order valence-electron chi connectivity index (χ2n) is 4.35. The van der Waals surface area contributed by atoms with Crippen LogP contribution in [0.1, 0.15) is 18.4 Å². The first-order valence-electron chi connectivity index (χ1n) is 5.91. The quantitative estimate of drug-likeness (QED) is 0.828. The Morgan fingerprint density at radius 1 is 1.33 bits per heavy atom. The minimum atomic E-state index is -0.615. The highest BCUT2D eigenvalue weighted by molar-refractivity contribution is 5.82. The van der Waals surface area contributed by atoms with E-state index in [2.05, 4.69) is 5.43 Å². The molecule has 96 valence electrons. The molecule has 0 radical (unpaired) electrons. The lowest BCUT2D eigenvalue weighted by Gasteiger charge is -2.17. The highest BCUT2D eigenvalue weighted by Gasteiger charge is 2.32. The zero-order chi connectivity index (χ0) is 13.0. The van der Waals surface area contributed by atoms with Gasteiger partial charge in [-0.3, -0.25) is 9.80 Å². The fourth-order valence-corrected chi connectivity index (χ4v) is 1.55. The van der Waals surface area contributed by atoms with Crippen molar-refractivity contribution in [2.45, 2.75) is 19.4 Å². The first-order chi connectivity index (χ1) is 8.66. The van der Waals surface area contributed by atoms with Gasteiger partial charge in [-0.2, -0.15) is 0 Å². The van der Waals surface area contributed by atoms with Gasteiger partial charge in [0.1, 0.15) is 6.61 Å². The summed E-state index contributed by atoms with van der Waals surface area (Å²) >= 11 is 0. The molecule has 2 rings (SSSR count). The van der Waals surface area contributed by atoms with Crippen molar-refractivity contribution in [3.8, 4) is 0 Å². The Balaban J connectivity index is 1.73. The first-order valence-corrected chi connectivity index (χ1v) is 5.91. The zero-order valence-corrected chi connectivity index (χ0v) is 10.3. The van der Waals surface area contributed by atoms with Gasteiger partial charge in [-0.25, -0.2) is 10.2 Å². The summed E-state index contributed by atoms with van der Waals surface area (Å²) < 4.78 is 5.01. The molecule has 1 fully saturated rings. The highest BCUT2D eigenvalue weighted by atomic mass is 16.6. The molecule has 5 nitrogen and oxygen atoms in total. The van der Waals surface area contributed by atoms with E-state index in [0.717, 1.165) is 18.4 Å². The Morgan fingerprint density at radius 2 is 2.00 bits per heavy atom. The molecule has 1 saturated carbocycles. The van der Waals surface area contributed by atoms with Gasteiger partial charge in [0.05, 0.1) is 0 Å². The SMILES string of the molecule is CN(NC(=O)OCc1ccccc1)C(=O)C1CC1. The number of hydrazine groups is 1. The molecule has 0 atom stereocenters. The minimum Gasteiger partial charge on any atom is -0.443 e. The Hall–Kier alpha value is -2.04. The Bertz CT molecular complexity index is 429. The Kier molecular flexibility index (Phi) is 3.82. The fourth-order valence-electron chi connectivity index (χ4n) is 1.55. The predicted octanol–water partition coefficient (Wildman–Crippen LogP) is 1.70. The molecule has 5 heteroatoms. The van der Waals surface area contributed by atoms with Crippen LogP contribution < -0.4 is 5.43 Å². The maximum atomic E-state index is 11.6. The van der Waals surface area contributed by atoms with Crippen molar-refractivity contribution in [1.29, 1.82) is 0 Å². The first kappa shape index (κ1) is 12.4. The number of carbonyl (C=O) groups is 2. The number of benzene rings is 1. The molecular weight excluding hydrogens is 232 g/mol. The van der Waals surface area contributed by atoms with E-state index in [9.17, 15) is 9.59 Å². The fraction of sp³-hybridized carbons (Fsp3) is 0.385. The van der Waals surface area contributed by atoms with E-state index in [4.69, 9.17) is 4.74 Å². The van der Waals surface area contributed by atoms with Crippen LogP contribution in [0.5, 0.6) is 0 Å². The Morgan fingerprint density at radius 3 is 2.61 bits per heavy atom. The van der Waals surface area contributed by atoms with E-state index < -0.39 is 6.09 Å². The summed E-state index contributed by atoms with van der Waals surface area (Å²) in [6.07, 6.45) is 1.20. The van der Waals surface area contributed by atoms with Crippen LogP contribution in [0.2, 0.25) is 0 Å². The van der Waals surface area contributed by atoms with Crippen LogP contribution in [0, 0.1) is 5.92 Å². The molecule has 18 heavy (non-hydrogen) atoms. The van der Waals surface area contributed by atoms with Gasteiger partial charge in [0, 0.05) is 13.0 Å². The van der Waals surface area contributed by atoms with Crippen LogP contribution in [-0.2, 0) is 16.1 Å². The van der Waals surface area contributed by atoms with Gasteiger partial charge in [-0.1, -0.05) is 30.3 Å². The largest absolute Gasteiger partial charge is 0.443 e. The van der Waals surface area contributed by atoms with Crippen LogP contribution in [0.4, 0.5) is 4.79 Å². The molecular formula is C13H16N2O3. The molecule has 0 aromatic heterocycles. The summed E-state index contributed by atoms with van der Waals surface area (Å²) in [5.41, 5.74) is 3.30. The molecule has 1 N–H and O–H groups in total. The standard InChI is InChI=1S/C13H16N2O3/c1-15(12(16)11-7-8-11)14-13(17)18-9-10-5-3-2-4-6-10/h2-6,11H,7-9H2,1H3,(H,14,17). The van der Waals surface area contributed by atoms with E-state index in [1.807, 2.05) is 30.3 Å². The molecule has 1 aliphatic carbocycles. The van der Waals surface area contributed by atoms with E-state index in [-0.39, 0.29) is 18.4 Å². The number of amides is 2. The normalized spacial score (nSPS) is 13.8. The van der Waals surface area contributed by atoms with Crippen molar-refractivity contribution in [2.24, 2.45) is 5.92 Å². The number of hydrogen-bond donors (Lipinski definition) is 1. The molecule has 1 aromatic carbocycles. The van der Waals surface area contributed by atoms with Gasteiger partial charge in [0.25, 0.3) is 0 Å². The van der Waals surface area contributed by atoms with Crippen LogP contribution in [0.25, 0.3) is 0 Å². The average molecular weight is 248 g/mol. The van der Waals surface area contributed by atoms with Gasteiger partial charge < -0.3 is 4.74 Å². The topological polar surface area (TPSA) is 58.6 Å². The number of nitrogens with one attached hydrogen (secondary N) is 1.